The molecule has 4 nitrogen and oxygen atoms in total. The van der Waals surface area contributed by atoms with Gasteiger partial charge in [-0.15, -0.1) is 0 Å². The lowest BCUT2D eigenvalue weighted by atomic mass is 9.99. The summed E-state index contributed by atoms with van der Waals surface area (Å²) in [5.74, 6) is -0.978. The fraction of sp³-hybridized carbons (Fsp3) is 0.143. The number of aliphatic carboxylic acids is 1. The Hall–Kier alpha value is -2.43. The number of nitrogens with zero attached hydrogens (tertiary/aromatic N) is 1. The number of hydrogen-bond acceptors (Lipinski definition) is 3. The molecule has 1 N–H and O–H groups in total. The fourth-order valence-electron chi connectivity index (χ4n) is 1.87. The third-order valence-corrected chi connectivity index (χ3v) is 2.67. The fourth-order valence-corrected chi connectivity index (χ4v) is 1.87. The summed E-state index contributed by atoms with van der Waals surface area (Å²) in [6.07, 6.45) is 1.34. The monoisotopic (exact) mass is 261 g/mol. The molecule has 98 valence electrons. The highest BCUT2D eigenvalue weighted by Crippen LogP contribution is 2.31. The second-order valence-corrected chi connectivity index (χ2v) is 3.93. The van der Waals surface area contributed by atoms with Crippen LogP contribution in [0.25, 0.3) is 11.1 Å². The number of carboxylic acid groups (broad SMARTS) is 1. The number of hydrogen-bond donors (Lipinski definition) is 1. The zero-order valence-electron chi connectivity index (χ0n) is 10.3. The average Bonchev–Trinajstić information content (AvgIpc) is 2.39. The summed E-state index contributed by atoms with van der Waals surface area (Å²) in [6, 6.07) is 7.38. The van der Waals surface area contributed by atoms with E-state index in [1.54, 1.807) is 18.2 Å². The number of pyridine rings is 1. The molecule has 0 fully saturated rings. The molecular formula is C14H12FNO3. The number of benzene rings is 1. The average molecular weight is 261 g/mol. The third-order valence-electron chi connectivity index (χ3n) is 2.67. The lowest BCUT2D eigenvalue weighted by Gasteiger charge is -2.12. The van der Waals surface area contributed by atoms with Crippen molar-refractivity contribution in [1.82, 2.24) is 4.98 Å². The smallest absolute Gasteiger partial charge is 0.307 e. The Morgan fingerprint density at radius 1 is 1.32 bits per heavy atom. The summed E-state index contributed by atoms with van der Waals surface area (Å²) in [6.45, 7) is 0. The predicted molar refractivity (Wildman–Crippen MR) is 67.5 cm³/mol. The van der Waals surface area contributed by atoms with E-state index in [9.17, 15) is 9.18 Å². The molecule has 0 spiro atoms. The van der Waals surface area contributed by atoms with Crippen LogP contribution in [0.3, 0.4) is 0 Å². The second-order valence-electron chi connectivity index (χ2n) is 3.93. The van der Waals surface area contributed by atoms with Crippen molar-refractivity contribution in [2.75, 3.05) is 7.11 Å². The normalized spacial score (nSPS) is 10.2. The maximum absolute atomic E-state index is 13.0. The van der Waals surface area contributed by atoms with Crippen LogP contribution in [-0.4, -0.2) is 23.2 Å². The molecule has 0 saturated carbocycles. The number of carbonyl (C=O) groups is 1. The highest BCUT2D eigenvalue weighted by atomic mass is 19.1. The third kappa shape index (κ3) is 2.88. The van der Waals surface area contributed by atoms with Crippen LogP contribution < -0.4 is 4.74 Å². The van der Waals surface area contributed by atoms with Crippen LogP contribution in [0.4, 0.5) is 4.39 Å². The summed E-state index contributed by atoms with van der Waals surface area (Å²) in [5, 5.41) is 8.92. The summed E-state index contributed by atoms with van der Waals surface area (Å²) < 4.78 is 18.1. The molecule has 0 aliphatic rings. The quantitative estimate of drug-likeness (QED) is 0.918. The minimum Gasteiger partial charge on any atom is -0.481 e. The van der Waals surface area contributed by atoms with Gasteiger partial charge in [0.15, 0.2) is 0 Å². The largest absolute Gasteiger partial charge is 0.481 e. The van der Waals surface area contributed by atoms with Crippen molar-refractivity contribution >= 4 is 5.97 Å². The zero-order chi connectivity index (χ0) is 13.8. The number of methoxy groups -OCH3 is 1. The van der Waals surface area contributed by atoms with Gasteiger partial charge in [0, 0.05) is 11.8 Å². The van der Waals surface area contributed by atoms with Crippen LogP contribution in [0.1, 0.15) is 5.56 Å². The number of ether oxygens (including phenoxy) is 1. The first-order valence-electron chi connectivity index (χ1n) is 5.61. The molecule has 0 atom stereocenters. The standard InChI is InChI=1S/C14H12FNO3/c1-19-14-13(9-2-4-11(15)5-3-9)10(6-7-16-14)8-12(17)18/h2-7H,8H2,1H3,(H,17,18). The van der Waals surface area contributed by atoms with Gasteiger partial charge < -0.3 is 9.84 Å². The predicted octanol–water partition coefficient (Wildman–Crippen LogP) is 2.52. The van der Waals surface area contributed by atoms with Crippen LogP contribution in [-0.2, 0) is 11.2 Å². The first kappa shape index (κ1) is 13.0. The van der Waals surface area contributed by atoms with Crippen LogP contribution in [0.15, 0.2) is 36.5 Å². The highest BCUT2D eigenvalue weighted by molar-refractivity contribution is 5.78. The summed E-state index contributed by atoms with van der Waals surface area (Å²) in [4.78, 5) is 14.9. The van der Waals surface area contributed by atoms with Gasteiger partial charge >= 0.3 is 5.97 Å². The number of aromatic nitrogens is 1. The summed E-state index contributed by atoms with van der Waals surface area (Å²) in [7, 11) is 1.46. The van der Waals surface area contributed by atoms with Crippen LogP contribution in [0, 0.1) is 5.82 Å². The van der Waals surface area contributed by atoms with Gasteiger partial charge in [0.25, 0.3) is 0 Å². The van der Waals surface area contributed by atoms with Gasteiger partial charge in [-0.2, -0.15) is 0 Å². The maximum Gasteiger partial charge on any atom is 0.307 e. The zero-order valence-corrected chi connectivity index (χ0v) is 10.3. The van der Waals surface area contributed by atoms with Gasteiger partial charge in [0.05, 0.1) is 13.5 Å². The van der Waals surface area contributed by atoms with Crippen LogP contribution in [0.2, 0.25) is 0 Å². The van der Waals surface area contributed by atoms with Gasteiger partial charge in [-0.05, 0) is 29.3 Å². The van der Waals surface area contributed by atoms with Crippen molar-refractivity contribution in [3.8, 4) is 17.0 Å². The number of rotatable bonds is 4. The van der Waals surface area contributed by atoms with Crippen molar-refractivity contribution < 1.29 is 19.0 Å². The first-order chi connectivity index (χ1) is 9.11. The van der Waals surface area contributed by atoms with E-state index < -0.39 is 5.97 Å². The Bertz CT molecular complexity index is 596. The molecule has 0 bridgehead atoms. The summed E-state index contributed by atoms with van der Waals surface area (Å²) in [5.41, 5.74) is 1.82. The molecule has 1 aromatic carbocycles. The van der Waals surface area contributed by atoms with E-state index in [0.29, 0.717) is 22.6 Å². The van der Waals surface area contributed by atoms with Crippen LogP contribution >= 0.6 is 0 Å². The van der Waals surface area contributed by atoms with Gasteiger partial charge in [-0.25, -0.2) is 9.37 Å². The molecule has 0 amide bonds. The molecule has 19 heavy (non-hydrogen) atoms. The van der Waals surface area contributed by atoms with E-state index in [2.05, 4.69) is 4.98 Å². The maximum atomic E-state index is 13.0. The lowest BCUT2D eigenvalue weighted by Crippen LogP contribution is -2.04. The molecule has 2 rings (SSSR count). The molecule has 5 heteroatoms. The van der Waals surface area contributed by atoms with E-state index in [1.807, 2.05) is 0 Å². The Kier molecular flexibility index (Phi) is 3.75. The van der Waals surface area contributed by atoms with E-state index >= 15 is 0 Å². The van der Waals surface area contributed by atoms with E-state index in [4.69, 9.17) is 9.84 Å². The Morgan fingerprint density at radius 3 is 2.58 bits per heavy atom. The molecule has 0 unspecified atom stereocenters. The van der Waals surface area contributed by atoms with Gasteiger partial charge in [0.2, 0.25) is 5.88 Å². The molecule has 0 radical (unpaired) electrons. The van der Waals surface area contributed by atoms with Crippen molar-refractivity contribution in [3.63, 3.8) is 0 Å². The molecular weight excluding hydrogens is 249 g/mol. The van der Waals surface area contributed by atoms with Crippen molar-refractivity contribution in [2.45, 2.75) is 6.42 Å². The van der Waals surface area contributed by atoms with Gasteiger partial charge in [-0.1, -0.05) is 12.1 Å². The topological polar surface area (TPSA) is 59.4 Å². The van der Waals surface area contributed by atoms with Crippen LogP contribution in [0.5, 0.6) is 5.88 Å². The lowest BCUT2D eigenvalue weighted by molar-refractivity contribution is -0.136. The Labute approximate surface area is 109 Å². The van der Waals surface area contributed by atoms with Crippen molar-refractivity contribution in [1.29, 1.82) is 0 Å². The minimum absolute atomic E-state index is 0.147. The molecule has 1 heterocycles. The molecule has 0 saturated heterocycles. The molecule has 1 aromatic heterocycles. The van der Waals surface area contributed by atoms with Crippen molar-refractivity contribution in [3.05, 3.63) is 47.9 Å². The number of halogens is 1. The highest BCUT2D eigenvalue weighted by Gasteiger charge is 2.15. The van der Waals surface area contributed by atoms with E-state index in [-0.39, 0.29) is 12.2 Å². The second kappa shape index (κ2) is 5.48. The van der Waals surface area contributed by atoms with Gasteiger partial charge in [0.1, 0.15) is 5.82 Å². The summed E-state index contributed by atoms with van der Waals surface area (Å²) >= 11 is 0. The molecule has 2 aromatic rings. The molecule has 0 aliphatic carbocycles. The molecule has 0 aliphatic heterocycles. The van der Waals surface area contributed by atoms with E-state index in [1.165, 1.54) is 25.4 Å². The first-order valence-corrected chi connectivity index (χ1v) is 5.61. The SMILES string of the molecule is COc1nccc(CC(=O)O)c1-c1ccc(F)cc1. The number of carboxylic acids is 1. The Balaban J connectivity index is 2.57. The van der Waals surface area contributed by atoms with Gasteiger partial charge in [-0.3, -0.25) is 4.79 Å². The minimum atomic E-state index is -0.948. The Morgan fingerprint density at radius 2 is 2.00 bits per heavy atom. The van der Waals surface area contributed by atoms with E-state index in [0.717, 1.165) is 0 Å². The van der Waals surface area contributed by atoms with Crippen molar-refractivity contribution in [2.24, 2.45) is 0 Å².